The molecule has 1 aromatic carbocycles. The average molecular weight is 306 g/mol. The van der Waals surface area contributed by atoms with Crippen LogP contribution in [0.4, 0.5) is 0 Å². The SMILES string of the molecule is CCNC(c1cc2cccc(Cl)c2o1)C1CCCCCC1. The minimum Gasteiger partial charge on any atom is -0.458 e. The van der Waals surface area contributed by atoms with Crippen molar-refractivity contribution in [3.63, 3.8) is 0 Å². The van der Waals surface area contributed by atoms with Gasteiger partial charge in [0.15, 0.2) is 5.58 Å². The summed E-state index contributed by atoms with van der Waals surface area (Å²) in [7, 11) is 0. The number of fused-ring (bicyclic) bond motifs is 1. The van der Waals surface area contributed by atoms with E-state index in [-0.39, 0.29) is 0 Å². The van der Waals surface area contributed by atoms with E-state index in [0.717, 1.165) is 23.3 Å². The molecule has 0 amide bonds. The van der Waals surface area contributed by atoms with Crippen molar-refractivity contribution in [3.05, 3.63) is 35.0 Å². The van der Waals surface area contributed by atoms with Crippen molar-refractivity contribution in [2.24, 2.45) is 5.92 Å². The number of halogens is 1. The normalized spacial score (nSPS) is 18.8. The van der Waals surface area contributed by atoms with Crippen LogP contribution in [0.1, 0.15) is 57.3 Å². The van der Waals surface area contributed by atoms with Crippen LogP contribution in [0.5, 0.6) is 0 Å². The van der Waals surface area contributed by atoms with Crippen molar-refractivity contribution in [2.75, 3.05) is 6.54 Å². The molecule has 3 rings (SSSR count). The maximum atomic E-state index is 6.25. The van der Waals surface area contributed by atoms with Crippen molar-refractivity contribution in [1.82, 2.24) is 5.32 Å². The molecular formula is C18H24ClNO. The molecule has 1 aliphatic carbocycles. The van der Waals surface area contributed by atoms with Gasteiger partial charge in [-0.05, 0) is 37.4 Å². The summed E-state index contributed by atoms with van der Waals surface area (Å²) in [6.07, 6.45) is 8.02. The lowest BCUT2D eigenvalue weighted by atomic mass is 9.90. The third kappa shape index (κ3) is 3.27. The zero-order valence-electron chi connectivity index (χ0n) is 12.7. The maximum Gasteiger partial charge on any atom is 0.152 e. The van der Waals surface area contributed by atoms with Crippen LogP contribution < -0.4 is 5.32 Å². The zero-order chi connectivity index (χ0) is 14.7. The number of nitrogens with one attached hydrogen (secondary N) is 1. The van der Waals surface area contributed by atoms with Crippen molar-refractivity contribution in [1.29, 1.82) is 0 Å². The van der Waals surface area contributed by atoms with E-state index in [1.54, 1.807) is 0 Å². The molecule has 1 heterocycles. The van der Waals surface area contributed by atoms with Gasteiger partial charge in [0, 0.05) is 5.39 Å². The Morgan fingerprint density at radius 3 is 2.67 bits per heavy atom. The Kier molecular flexibility index (Phi) is 4.87. The smallest absolute Gasteiger partial charge is 0.152 e. The Labute approximate surface area is 131 Å². The summed E-state index contributed by atoms with van der Waals surface area (Å²) in [6, 6.07) is 8.43. The average Bonchev–Trinajstić information content (AvgIpc) is 2.74. The highest BCUT2D eigenvalue weighted by atomic mass is 35.5. The summed E-state index contributed by atoms with van der Waals surface area (Å²) in [4.78, 5) is 0. The lowest BCUT2D eigenvalue weighted by Gasteiger charge is -2.25. The van der Waals surface area contributed by atoms with Gasteiger partial charge in [-0.15, -0.1) is 0 Å². The molecule has 0 spiro atoms. The fourth-order valence-corrected chi connectivity index (χ4v) is 3.78. The highest BCUT2D eigenvalue weighted by Gasteiger charge is 2.26. The van der Waals surface area contributed by atoms with Crippen LogP contribution in [-0.4, -0.2) is 6.54 Å². The Bertz CT molecular complexity index is 584. The fraction of sp³-hybridized carbons (Fsp3) is 0.556. The van der Waals surface area contributed by atoms with Gasteiger partial charge in [0.1, 0.15) is 5.76 Å². The lowest BCUT2D eigenvalue weighted by Crippen LogP contribution is -2.27. The van der Waals surface area contributed by atoms with Crippen molar-refractivity contribution in [3.8, 4) is 0 Å². The topological polar surface area (TPSA) is 25.2 Å². The summed E-state index contributed by atoms with van der Waals surface area (Å²) in [5.41, 5.74) is 0.825. The third-order valence-electron chi connectivity index (χ3n) is 4.62. The summed E-state index contributed by atoms with van der Waals surface area (Å²) in [5, 5.41) is 5.45. The molecule has 0 bridgehead atoms. The molecule has 3 heteroatoms. The van der Waals surface area contributed by atoms with E-state index in [0.29, 0.717) is 17.0 Å². The van der Waals surface area contributed by atoms with Crippen LogP contribution in [0.3, 0.4) is 0 Å². The largest absolute Gasteiger partial charge is 0.458 e. The predicted molar refractivity (Wildman–Crippen MR) is 88.8 cm³/mol. The molecule has 0 radical (unpaired) electrons. The van der Waals surface area contributed by atoms with E-state index in [1.807, 2.05) is 12.1 Å². The molecular weight excluding hydrogens is 282 g/mol. The molecule has 21 heavy (non-hydrogen) atoms. The van der Waals surface area contributed by atoms with E-state index < -0.39 is 0 Å². The second-order valence-electron chi connectivity index (χ2n) is 6.09. The molecule has 1 fully saturated rings. The van der Waals surface area contributed by atoms with Crippen molar-refractivity contribution in [2.45, 2.75) is 51.5 Å². The number of furan rings is 1. The molecule has 1 unspecified atom stereocenters. The van der Waals surface area contributed by atoms with E-state index >= 15 is 0 Å². The highest BCUT2D eigenvalue weighted by molar-refractivity contribution is 6.34. The van der Waals surface area contributed by atoms with Gasteiger partial charge in [0.25, 0.3) is 0 Å². The van der Waals surface area contributed by atoms with Crippen molar-refractivity contribution >= 4 is 22.6 Å². The predicted octanol–water partition coefficient (Wildman–Crippen LogP) is 5.71. The van der Waals surface area contributed by atoms with E-state index in [1.165, 1.54) is 38.5 Å². The third-order valence-corrected chi connectivity index (χ3v) is 4.91. The second-order valence-corrected chi connectivity index (χ2v) is 6.50. The molecule has 0 aliphatic heterocycles. The van der Waals surface area contributed by atoms with Crippen LogP contribution in [0, 0.1) is 5.92 Å². The van der Waals surface area contributed by atoms with Gasteiger partial charge in [-0.2, -0.15) is 0 Å². The second kappa shape index (κ2) is 6.85. The van der Waals surface area contributed by atoms with Crippen LogP contribution in [0.15, 0.2) is 28.7 Å². The standard InChI is InChI=1S/C18H24ClNO/c1-2-20-17(13-8-5-3-4-6-9-13)16-12-14-10-7-11-15(19)18(14)21-16/h7,10-13,17,20H,2-6,8-9H2,1H3. The number of hydrogen-bond donors (Lipinski definition) is 1. The van der Waals surface area contributed by atoms with Gasteiger partial charge in [0.2, 0.25) is 0 Å². The Morgan fingerprint density at radius 2 is 2.00 bits per heavy atom. The van der Waals surface area contributed by atoms with E-state index in [9.17, 15) is 0 Å². The molecule has 2 nitrogen and oxygen atoms in total. The molecule has 114 valence electrons. The summed E-state index contributed by atoms with van der Waals surface area (Å²) >= 11 is 6.25. The van der Waals surface area contributed by atoms with Gasteiger partial charge < -0.3 is 9.73 Å². The van der Waals surface area contributed by atoms with Gasteiger partial charge >= 0.3 is 0 Å². The van der Waals surface area contributed by atoms with E-state index in [4.69, 9.17) is 16.0 Å². The molecule has 1 aromatic heterocycles. The quantitative estimate of drug-likeness (QED) is 0.732. The van der Waals surface area contributed by atoms with Gasteiger partial charge in [-0.1, -0.05) is 56.3 Å². The zero-order valence-corrected chi connectivity index (χ0v) is 13.5. The number of benzene rings is 1. The summed E-state index contributed by atoms with van der Waals surface area (Å²) < 4.78 is 6.11. The highest BCUT2D eigenvalue weighted by Crippen LogP contribution is 2.37. The van der Waals surface area contributed by atoms with Gasteiger partial charge in [-0.25, -0.2) is 0 Å². The molecule has 2 aromatic rings. The van der Waals surface area contributed by atoms with Crippen LogP contribution in [-0.2, 0) is 0 Å². The minimum absolute atomic E-state index is 0.316. The molecule has 1 N–H and O–H groups in total. The molecule has 1 aliphatic rings. The van der Waals surface area contributed by atoms with Crippen molar-refractivity contribution < 1.29 is 4.42 Å². The number of hydrogen-bond acceptors (Lipinski definition) is 2. The first-order chi connectivity index (χ1) is 10.3. The fourth-order valence-electron chi connectivity index (χ4n) is 3.56. The first kappa shape index (κ1) is 14.9. The first-order valence-electron chi connectivity index (χ1n) is 8.21. The van der Waals surface area contributed by atoms with Crippen LogP contribution in [0.2, 0.25) is 5.02 Å². The lowest BCUT2D eigenvalue weighted by molar-refractivity contribution is 0.292. The minimum atomic E-state index is 0.316. The Hall–Kier alpha value is -0.990. The first-order valence-corrected chi connectivity index (χ1v) is 8.58. The van der Waals surface area contributed by atoms with Gasteiger partial charge in [-0.3, -0.25) is 0 Å². The summed E-state index contributed by atoms with van der Waals surface area (Å²) in [6.45, 7) is 3.13. The number of para-hydroxylation sites is 1. The summed E-state index contributed by atoms with van der Waals surface area (Å²) in [5.74, 6) is 1.72. The van der Waals surface area contributed by atoms with Crippen LogP contribution in [0.25, 0.3) is 11.0 Å². The van der Waals surface area contributed by atoms with Crippen LogP contribution >= 0.6 is 11.6 Å². The monoisotopic (exact) mass is 305 g/mol. The maximum absolute atomic E-state index is 6.25. The molecule has 1 atom stereocenters. The Morgan fingerprint density at radius 1 is 1.24 bits per heavy atom. The number of rotatable bonds is 4. The van der Waals surface area contributed by atoms with E-state index in [2.05, 4.69) is 24.4 Å². The van der Waals surface area contributed by atoms with Gasteiger partial charge in [0.05, 0.1) is 11.1 Å². The molecule has 1 saturated carbocycles. The Balaban J connectivity index is 1.92. The molecule has 0 saturated heterocycles.